The average molecular weight is 286 g/mol. The first-order valence-electron chi connectivity index (χ1n) is 6.12. The molecular formula is C13H11FN6O. The third kappa shape index (κ3) is 3.30. The van der Waals surface area contributed by atoms with E-state index in [1.165, 1.54) is 18.3 Å². The quantitative estimate of drug-likeness (QED) is 0.762. The summed E-state index contributed by atoms with van der Waals surface area (Å²) >= 11 is 0. The van der Waals surface area contributed by atoms with Crippen molar-refractivity contribution in [1.82, 2.24) is 20.3 Å². The Balaban J connectivity index is 1.76. The second kappa shape index (κ2) is 5.53. The van der Waals surface area contributed by atoms with Gasteiger partial charge in [0.15, 0.2) is 11.6 Å². The highest BCUT2D eigenvalue weighted by molar-refractivity contribution is 5.57. The predicted molar refractivity (Wildman–Crippen MR) is 74.0 cm³/mol. The van der Waals surface area contributed by atoms with Crippen molar-refractivity contribution >= 4 is 23.3 Å². The standard InChI is InChI=1S/C13H11FN6O/c1-8-5-11(20-21-8)17-13-18-12(7-15-19-13)16-10-4-2-3-9(14)6-10/h2-7H,1H3,(H2,16,17,18,19,20). The highest BCUT2D eigenvalue weighted by Crippen LogP contribution is 2.17. The van der Waals surface area contributed by atoms with Gasteiger partial charge in [-0.3, -0.25) is 0 Å². The van der Waals surface area contributed by atoms with E-state index in [0.717, 1.165) is 0 Å². The fraction of sp³-hybridized carbons (Fsp3) is 0.0769. The van der Waals surface area contributed by atoms with Crippen molar-refractivity contribution in [2.45, 2.75) is 6.92 Å². The molecule has 0 saturated heterocycles. The molecule has 2 N–H and O–H groups in total. The Hall–Kier alpha value is -3.03. The summed E-state index contributed by atoms with van der Waals surface area (Å²) in [5.41, 5.74) is 0.568. The molecule has 2 heterocycles. The molecule has 106 valence electrons. The number of anilines is 4. The van der Waals surface area contributed by atoms with E-state index in [1.807, 2.05) is 0 Å². The molecule has 0 saturated carbocycles. The van der Waals surface area contributed by atoms with Crippen LogP contribution in [0.25, 0.3) is 0 Å². The molecular weight excluding hydrogens is 275 g/mol. The van der Waals surface area contributed by atoms with Gasteiger partial charge in [-0.1, -0.05) is 11.2 Å². The molecule has 8 heteroatoms. The Morgan fingerprint density at radius 2 is 2.05 bits per heavy atom. The van der Waals surface area contributed by atoms with Crippen LogP contribution in [0.3, 0.4) is 0 Å². The number of aryl methyl sites for hydroxylation is 1. The molecule has 0 fully saturated rings. The molecule has 7 nitrogen and oxygen atoms in total. The Morgan fingerprint density at radius 1 is 1.14 bits per heavy atom. The van der Waals surface area contributed by atoms with E-state index in [4.69, 9.17) is 4.52 Å². The van der Waals surface area contributed by atoms with Crippen molar-refractivity contribution < 1.29 is 8.91 Å². The van der Waals surface area contributed by atoms with Gasteiger partial charge in [-0.05, 0) is 25.1 Å². The SMILES string of the molecule is Cc1cc(Nc2nncc(Nc3cccc(F)c3)n2)no1. The third-order valence-corrected chi connectivity index (χ3v) is 2.52. The lowest BCUT2D eigenvalue weighted by molar-refractivity contribution is 0.400. The maximum atomic E-state index is 13.1. The van der Waals surface area contributed by atoms with Crippen LogP contribution in [0.15, 0.2) is 41.1 Å². The van der Waals surface area contributed by atoms with Crippen molar-refractivity contribution in [3.8, 4) is 0 Å². The zero-order valence-corrected chi connectivity index (χ0v) is 11.0. The van der Waals surface area contributed by atoms with Crippen molar-refractivity contribution in [2.75, 3.05) is 10.6 Å². The minimum atomic E-state index is -0.335. The molecule has 0 bridgehead atoms. The molecule has 21 heavy (non-hydrogen) atoms. The highest BCUT2D eigenvalue weighted by Gasteiger charge is 2.05. The number of hydrogen-bond donors (Lipinski definition) is 2. The van der Waals surface area contributed by atoms with Crippen LogP contribution in [-0.4, -0.2) is 20.3 Å². The van der Waals surface area contributed by atoms with Gasteiger partial charge in [0.25, 0.3) is 0 Å². The number of hydrogen-bond acceptors (Lipinski definition) is 7. The lowest BCUT2D eigenvalue weighted by Crippen LogP contribution is -2.02. The summed E-state index contributed by atoms with van der Waals surface area (Å²) < 4.78 is 18.0. The van der Waals surface area contributed by atoms with Gasteiger partial charge in [0, 0.05) is 11.8 Å². The van der Waals surface area contributed by atoms with E-state index in [2.05, 4.69) is 31.0 Å². The van der Waals surface area contributed by atoms with Crippen LogP contribution >= 0.6 is 0 Å². The zero-order valence-electron chi connectivity index (χ0n) is 11.0. The summed E-state index contributed by atoms with van der Waals surface area (Å²) in [5.74, 6) is 1.50. The first-order chi connectivity index (χ1) is 10.2. The first-order valence-corrected chi connectivity index (χ1v) is 6.12. The van der Waals surface area contributed by atoms with Gasteiger partial charge in [0.1, 0.15) is 11.6 Å². The van der Waals surface area contributed by atoms with E-state index in [0.29, 0.717) is 23.1 Å². The van der Waals surface area contributed by atoms with Crippen LogP contribution in [0.5, 0.6) is 0 Å². The van der Waals surface area contributed by atoms with Crippen LogP contribution in [-0.2, 0) is 0 Å². The molecule has 0 aliphatic heterocycles. The summed E-state index contributed by atoms with van der Waals surface area (Å²) in [7, 11) is 0. The van der Waals surface area contributed by atoms with Gasteiger partial charge in [0.05, 0.1) is 6.20 Å². The van der Waals surface area contributed by atoms with Gasteiger partial charge in [-0.2, -0.15) is 10.1 Å². The van der Waals surface area contributed by atoms with E-state index in [1.54, 1.807) is 25.1 Å². The normalized spacial score (nSPS) is 10.4. The lowest BCUT2D eigenvalue weighted by atomic mass is 10.3. The monoisotopic (exact) mass is 286 g/mol. The second-order valence-electron chi connectivity index (χ2n) is 4.25. The van der Waals surface area contributed by atoms with Crippen molar-refractivity contribution in [3.05, 3.63) is 48.1 Å². The van der Waals surface area contributed by atoms with Crippen LogP contribution in [0.4, 0.5) is 27.7 Å². The molecule has 0 atom stereocenters. The van der Waals surface area contributed by atoms with E-state index in [9.17, 15) is 4.39 Å². The summed E-state index contributed by atoms with van der Waals surface area (Å²) in [6.45, 7) is 1.78. The first kappa shape index (κ1) is 13.0. The third-order valence-electron chi connectivity index (χ3n) is 2.52. The Labute approximate surface area is 119 Å². The number of nitrogens with zero attached hydrogens (tertiary/aromatic N) is 4. The number of nitrogens with one attached hydrogen (secondary N) is 2. The van der Waals surface area contributed by atoms with Crippen LogP contribution < -0.4 is 10.6 Å². The Morgan fingerprint density at radius 3 is 2.81 bits per heavy atom. The van der Waals surface area contributed by atoms with Crippen molar-refractivity contribution in [1.29, 1.82) is 0 Å². The second-order valence-corrected chi connectivity index (χ2v) is 4.25. The largest absolute Gasteiger partial charge is 0.360 e. The Kier molecular flexibility index (Phi) is 3.42. The molecule has 0 amide bonds. The number of benzene rings is 1. The zero-order chi connectivity index (χ0) is 14.7. The smallest absolute Gasteiger partial charge is 0.250 e. The van der Waals surface area contributed by atoms with Crippen molar-refractivity contribution in [2.24, 2.45) is 0 Å². The summed E-state index contributed by atoms with van der Waals surface area (Å²) in [4.78, 5) is 4.20. The van der Waals surface area contributed by atoms with E-state index in [-0.39, 0.29) is 11.8 Å². The molecule has 0 spiro atoms. The maximum absolute atomic E-state index is 13.1. The molecule has 3 aromatic rings. The van der Waals surface area contributed by atoms with E-state index >= 15 is 0 Å². The minimum Gasteiger partial charge on any atom is -0.360 e. The van der Waals surface area contributed by atoms with Gasteiger partial charge < -0.3 is 15.2 Å². The number of rotatable bonds is 4. The van der Waals surface area contributed by atoms with Gasteiger partial charge in [-0.15, -0.1) is 5.10 Å². The summed E-state index contributed by atoms with van der Waals surface area (Å²) in [6, 6.07) is 7.75. The van der Waals surface area contributed by atoms with Crippen LogP contribution in [0.1, 0.15) is 5.76 Å². The van der Waals surface area contributed by atoms with Crippen molar-refractivity contribution in [3.63, 3.8) is 0 Å². The Bertz CT molecular complexity index is 760. The van der Waals surface area contributed by atoms with Gasteiger partial charge in [0.2, 0.25) is 5.95 Å². The molecule has 0 aliphatic carbocycles. The van der Waals surface area contributed by atoms with Gasteiger partial charge >= 0.3 is 0 Å². The topological polar surface area (TPSA) is 88.8 Å². The van der Waals surface area contributed by atoms with Crippen LogP contribution in [0.2, 0.25) is 0 Å². The molecule has 2 aromatic heterocycles. The lowest BCUT2D eigenvalue weighted by Gasteiger charge is -2.06. The number of halogens is 1. The minimum absolute atomic E-state index is 0.254. The summed E-state index contributed by atoms with van der Waals surface area (Å²) in [5, 5.41) is 17.2. The average Bonchev–Trinajstić information content (AvgIpc) is 2.84. The van der Waals surface area contributed by atoms with Crippen LogP contribution in [0, 0.1) is 12.7 Å². The van der Waals surface area contributed by atoms with Gasteiger partial charge in [-0.25, -0.2) is 4.39 Å². The molecule has 0 radical (unpaired) electrons. The fourth-order valence-corrected chi connectivity index (χ4v) is 1.67. The summed E-state index contributed by atoms with van der Waals surface area (Å²) in [6.07, 6.45) is 1.43. The molecule has 1 aromatic carbocycles. The molecule has 0 unspecified atom stereocenters. The number of aromatic nitrogens is 4. The highest BCUT2D eigenvalue weighted by atomic mass is 19.1. The predicted octanol–water partition coefficient (Wildman–Crippen LogP) is 2.79. The fourth-order valence-electron chi connectivity index (χ4n) is 1.67. The van der Waals surface area contributed by atoms with E-state index < -0.39 is 0 Å². The molecule has 0 aliphatic rings. The molecule has 3 rings (SSSR count). The maximum Gasteiger partial charge on any atom is 0.250 e.